The number of ketones is 1. The summed E-state index contributed by atoms with van der Waals surface area (Å²) >= 11 is 0. The lowest BCUT2D eigenvalue weighted by atomic mass is 10.3. The third-order valence-electron chi connectivity index (χ3n) is 4.46. The SMILES string of the molecule is C=C(OS(=O)(=O)C(F)(F)F)c1ccccn1.CC(=O)c1ccccn1.O=S(=O)(N(c1ccccc1)S(=O)(=O)C(F)(F)F)C(F)(F)F. The molecule has 0 unspecified atom stereocenters. The van der Waals surface area contributed by atoms with E-state index in [4.69, 9.17) is 0 Å². The van der Waals surface area contributed by atoms with Crippen LogP contribution in [0.3, 0.4) is 0 Å². The van der Waals surface area contributed by atoms with Crippen LogP contribution in [-0.4, -0.2) is 57.5 Å². The Morgan fingerprint density at radius 3 is 1.35 bits per heavy atom. The largest absolute Gasteiger partial charge is 0.534 e. The number of carbonyl (C=O) groups is 1. The van der Waals surface area contributed by atoms with E-state index >= 15 is 0 Å². The van der Waals surface area contributed by atoms with Gasteiger partial charge in [-0.15, -0.1) is 3.71 Å². The molecule has 0 N–H and O–H groups in total. The number of halogens is 9. The number of anilines is 1. The third-order valence-corrected chi connectivity index (χ3v) is 9.09. The van der Waals surface area contributed by atoms with Crippen molar-refractivity contribution in [2.24, 2.45) is 0 Å². The van der Waals surface area contributed by atoms with Gasteiger partial charge in [0, 0.05) is 19.3 Å². The molecular formula is C23H18F9N3O8S3. The molecule has 0 amide bonds. The number of para-hydroxylation sites is 1. The fraction of sp³-hybridized carbons (Fsp3) is 0.174. The van der Waals surface area contributed by atoms with E-state index < -0.39 is 61.8 Å². The summed E-state index contributed by atoms with van der Waals surface area (Å²) in [7, 11) is -19.3. The van der Waals surface area contributed by atoms with Crippen LogP contribution in [0.2, 0.25) is 0 Å². The van der Waals surface area contributed by atoms with Crippen LogP contribution >= 0.6 is 0 Å². The number of pyridine rings is 2. The Bertz CT molecular complexity index is 1760. The highest BCUT2D eigenvalue weighted by Gasteiger charge is 2.61. The van der Waals surface area contributed by atoms with Gasteiger partial charge in [0.05, 0.1) is 5.69 Å². The normalized spacial score (nSPS) is 12.4. The molecule has 0 spiro atoms. The molecule has 3 aromatic rings. The Kier molecular flexibility index (Phi) is 12.9. The van der Waals surface area contributed by atoms with Gasteiger partial charge in [-0.25, -0.2) is 0 Å². The van der Waals surface area contributed by atoms with Gasteiger partial charge in [-0.3, -0.25) is 14.8 Å². The van der Waals surface area contributed by atoms with E-state index in [0.29, 0.717) is 17.8 Å². The van der Waals surface area contributed by atoms with Gasteiger partial charge in [-0.1, -0.05) is 36.9 Å². The fourth-order valence-corrected chi connectivity index (χ4v) is 5.63. The number of alkyl halides is 9. The second kappa shape index (κ2) is 14.9. The molecule has 11 nitrogen and oxygen atoms in total. The molecule has 23 heteroatoms. The number of hydrogen-bond acceptors (Lipinski definition) is 10. The molecule has 0 aliphatic rings. The van der Waals surface area contributed by atoms with Crippen LogP contribution in [0, 0.1) is 0 Å². The van der Waals surface area contributed by atoms with E-state index in [-0.39, 0.29) is 11.5 Å². The molecule has 1 aromatic carbocycles. The molecule has 46 heavy (non-hydrogen) atoms. The van der Waals surface area contributed by atoms with Crippen LogP contribution in [-0.2, 0) is 34.3 Å². The summed E-state index contributed by atoms with van der Waals surface area (Å²) in [6, 6.07) is 13.4. The van der Waals surface area contributed by atoms with Crippen LogP contribution in [0.25, 0.3) is 5.76 Å². The highest BCUT2D eigenvalue weighted by Crippen LogP contribution is 2.38. The number of benzene rings is 1. The number of sulfonamides is 2. The minimum Gasteiger partial charge on any atom is -0.374 e. The number of Topliss-reactive ketones (excluding diaryl/α,β-unsaturated/α-hetero) is 1. The first kappa shape index (κ1) is 39.8. The van der Waals surface area contributed by atoms with E-state index in [9.17, 15) is 69.6 Å². The third kappa shape index (κ3) is 10.4. The molecule has 0 atom stereocenters. The van der Waals surface area contributed by atoms with Gasteiger partial charge in [0.25, 0.3) is 0 Å². The van der Waals surface area contributed by atoms with Gasteiger partial charge in [0.15, 0.2) is 11.5 Å². The maximum Gasteiger partial charge on any atom is 0.534 e. The number of aromatic nitrogens is 2. The molecule has 0 saturated carbocycles. The predicted octanol–water partition coefficient (Wildman–Crippen LogP) is 5.39. The Balaban J connectivity index is 0.000000372. The second-order valence-corrected chi connectivity index (χ2v) is 13.2. The molecule has 0 radical (unpaired) electrons. The minimum atomic E-state index is -6.81. The van der Waals surface area contributed by atoms with Crippen molar-refractivity contribution in [1.82, 2.24) is 9.97 Å². The van der Waals surface area contributed by atoms with Crippen LogP contribution in [0.5, 0.6) is 0 Å². The zero-order valence-corrected chi connectivity index (χ0v) is 24.9. The second-order valence-electron chi connectivity index (χ2n) is 7.83. The van der Waals surface area contributed by atoms with E-state index in [2.05, 4.69) is 20.7 Å². The van der Waals surface area contributed by atoms with Crippen molar-refractivity contribution in [1.29, 1.82) is 0 Å². The summed E-state index contributed by atoms with van der Waals surface area (Å²) in [5, 5.41) is 0. The molecule has 2 heterocycles. The standard InChI is InChI=1S/C8H5F6NO4S2.C8H6F3NO3S.C7H7NO/c9-7(10,11)20(16,17)15(6-4-2-1-3-5-6)21(18,19)8(12,13)14;1-6(7-4-2-3-5-12-7)15-16(13,14)8(9,10)11;1-6(9)7-4-2-3-5-8-7/h1-5H;2-5H,1H2;2-5H,1H3. The zero-order chi connectivity index (χ0) is 35.8. The highest BCUT2D eigenvalue weighted by molar-refractivity contribution is 8.11. The molecule has 0 aliphatic carbocycles. The molecule has 254 valence electrons. The lowest BCUT2D eigenvalue weighted by Crippen LogP contribution is -2.49. The Hall–Kier alpha value is -4.25. The molecule has 2 aromatic heterocycles. The average molecular weight is 732 g/mol. The van der Waals surface area contributed by atoms with Crippen molar-refractivity contribution in [3.8, 4) is 0 Å². The fourth-order valence-electron chi connectivity index (χ4n) is 2.47. The van der Waals surface area contributed by atoms with Crippen molar-refractivity contribution in [2.45, 2.75) is 23.4 Å². The van der Waals surface area contributed by atoms with Crippen LogP contribution in [0.1, 0.15) is 23.1 Å². The van der Waals surface area contributed by atoms with Gasteiger partial charge >= 0.3 is 46.7 Å². The van der Waals surface area contributed by atoms with Crippen LogP contribution in [0.15, 0.2) is 85.7 Å². The van der Waals surface area contributed by atoms with Crippen LogP contribution < -0.4 is 3.71 Å². The van der Waals surface area contributed by atoms with Crippen molar-refractivity contribution in [3.63, 3.8) is 0 Å². The number of rotatable bonds is 7. The number of nitrogens with zero attached hydrogens (tertiary/aromatic N) is 3. The summed E-state index contributed by atoms with van der Waals surface area (Å²) in [6.07, 6.45) is 2.88. The van der Waals surface area contributed by atoms with Gasteiger partial charge in [0.1, 0.15) is 11.4 Å². The van der Waals surface area contributed by atoms with E-state index in [1.54, 1.807) is 24.4 Å². The quantitative estimate of drug-likeness (QED) is 0.101. The van der Waals surface area contributed by atoms with Crippen molar-refractivity contribution in [2.75, 3.05) is 3.71 Å². The predicted molar refractivity (Wildman–Crippen MR) is 142 cm³/mol. The Morgan fingerprint density at radius 1 is 0.652 bits per heavy atom. The number of carbonyl (C=O) groups excluding carboxylic acids is 1. The molecule has 0 fully saturated rings. The summed E-state index contributed by atoms with van der Waals surface area (Å²) < 4.78 is 178. The van der Waals surface area contributed by atoms with Gasteiger partial charge in [-0.05, 0) is 36.4 Å². The summed E-state index contributed by atoms with van der Waals surface area (Å²) in [4.78, 5) is 18.0. The number of hydrogen-bond donors (Lipinski definition) is 0. The monoisotopic (exact) mass is 731 g/mol. The smallest absolute Gasteiger partial charge is 0.374 e. The van der Waals surface area contributed by atoms with E-state index in [1.165, 1.54) is 31.3 Å². The average Bonchev–Trinajstić information content (AvgIpc) is 2.93. The lowest BCUT2D eigenvalue weighted by Gasteiger charge is -2.25. The molecule has 0 aliphatic heterocycles. The van der Waals surface area contributed by atoms with Gasteiger partial charge in [0.2, 0.25) is 0 Å². The van der Waals surface area contributed by atoms with Gasteiger partial charge in [-0.2, -0.15) is 64.8 Å². The first-order valence-electron chi connectivity index (χ1n) is 11.3. The van der Waals surface area contributed by atoms with Crippen molar-refractivity contribution < 1.29 is 73.7 Å². The molecule has 0 saturated heterocycles. The summed E-state index contributed by atoms with van der Waals surface area (Å²) in [6.45, 7) is 4.56. The lowest BCUT2D eigenvalue weighted by molar-refractivity contribution is -0.0510. The van der Waals surface area contributed by atoms with E-state index in [0.717, 1.165) is 18.2 Å². The van der Waals surface area contributed by atoms with Gasteiger partial charge < -0.3 is 4.18 Å². The zero-order valence-electron chi connectivity index (χ0n) is 22.4. The van der Waals surface area contributed by atoms with E-state index in [1.807, 2.05) is 0 Å². The Morgan fingerprint density at radius 2 is 1.04 bits per heavy atom. The highest BCUT2D eigenvalue weighted by atomic mass is 32.3. The minimum absolute atomic E-state index is 0.00981. The molecule has 3 rings (SSSR count). The summed E-state index contributed by atoms with van der Waals surface area (Å²) in [5.74, 6) is -0.673. The molecule has 0 bridgehead atoms. The van der Waals surface area contributed by atoms with Crippen molar-refractivity contribution >= 4 is 47.4 Å². The molecular weight excluding hydrogens is 713 g/mol. The maximum atomic E-state index is 12.4. The first-order chi connectivity index (χ1) is 20.8. The Labute approximate surface area is 255 Å². The first-order valence-corrected chi connectivity index (χ1v) is 15.6. The topological polar surface area (TPSA) is 158 Å². The maximum absolute atomic E-state index is 12.4. The van der Waals surface area contributed by atoms with Crippen LogP contribution in [0.4, 0.5) is 45.2 Å². The van der Waals surface area contributed by atoms with Crippen molar-refractivity contribution in [3.05, 3.63) is 97.1 Å². The summed E-state index contributed by atoms with van der Waals surface area (Å²) in [5.41, 5.74) is -18.8.